The number of thiazole rings is 1. The number of allylic oxidation sites excluding steroid dienone is 1. The Morgan fingerprint density at radius 2 is 1.83 bits per heavy atom. The van der Waals surface area contributed by atoms with Crippen LogP contribution >= 0.6 is 34.7 Å². The van der Waals surface area contributed by atoms with E-state index in [1.54, 1.807) is 55.5 Å². The zero-order chi connectivity index (χ0) is 36.5. The molecule has 260 valence electrons. The molecule has 11 nitrogen and oxygen atoms in total. The number of benzene rings is 4. The first-order chi connectivity index (χ1) is 25.1. The fourth-order valence-electron chi connectivity index (χ4n) is 5.88. The van der Waals surface area contributed by atoms with Gasteiger partial charge in [0, 0.05) is 39.8 Å². The summed E-state index contributed by atoms with van der Waals surface area (Å²) in [5, 5.41) is 24.7. The molecule has 3 heterocycles. The van der Waals surface area contributed by atoms with Gasteiger partial charge in [-0.05, 0) is 85.3 Å². The smallest absolute Gasteiger partial charge is 0.271 e. The van der Waals surface area contributed by atoms with Crippen molar-refractivity contribution in [1.29, 1.82) is 0 Å². The van der Waals surface area contributed by atoms with Gasteiger partial charge < -0.3 is 9.88 Å². The Hall–Kier alpha value is -5.70. The average Bonchev–Trinajstić information content (AvgIpc) is 3.68. The number of nitrogens with zero attached hydrogens (tertiary/aromatic N) is 6. The lowest BCUT2D eigenvalue weighted by molar-refractivity contribution is -0.384. The van der Waals surface area contributed by atoms with Gasteiger partial charge in [0.25, 0.3) is 17.2 Å². The van der Waals surface area contributed by atoms with E-state index in [-0.39, 0.29) is 15.8 Å². The molecule has 1 aliphatic rings. The summed E-state index contributed by atoms with van der Waals surface area (Å²) in [7, 11) is 0. The van der Waals surface area contributed by atoms with Crippen molar-refractivity contribution in [2.45, 2.75) is 36.5 Å². The molecular weight excluding hydrogens is 725 g/mol. The highest BCUT2D eigenvalue weighted by Crippen LogP contribution is 2.35. The van der Waals surface area contributed by atoms with Gasteiger partial charge in [-0.1, -0.05) is 65.4 Å². The molecule has 1 aliphatic heterocycles. The molecule has 52 heavy (non-hydrogen) atoms. The van der Waals surface area contributed by atoms with Gasteiger partial charge in [-0.15, -0.1) is 10.2 Å². The topological polar surface area (TPSA) is 137 Å². The number of nitrogens with one attached hydrogen (secondary N) is 1. The maximum atomic E-state index is 14.4. The number of hydrogen-bond acceptors (Lipinski definition) is 9. The molecular formula is C37H27ClFN7O4S2. The van der Waals surface area contributed by atoms with E-state index in [1.165, 1.54) is 52.7 Å². The Kier molecular flexibility index (Phi) is 9.69. The molecule has 0 bridgehead atoms. The summed E-state index contributed by atoms with van der Waals surface area (Å²) in [5.41, 5.74) is 2.20. The molecule has 0 spiro atoms. The number of non-ortho nitro benzene ring substituents is 1. The quantitative estimate of drug-likeness (QED) is 0.124. The van der Waals surface area contributed by atoms with E-state index in [9.17, 15) is 24.1 Å². The number of nitro groups is 1. The maximum absolute atomic E-state index is 14.4. The van der Waals surface area contributed by atoms with Crippen LogP contribution in [0.3, 0.4) is 0 Å². The highest BCUT2D eigenvalue weighted by Gasteiger charge is 2.32. The van der Waals surface area contributed by atoms with Crippen LogP contribution in [0, 0.1) is 15.9 Å². The number of hydrogen-bond donors (Lipinski definition) is 1. The summed E-state index contributed by atoms with van der Waals surface area (Å²) >= 11 is 8.57. The van der Waals surface area contributed by atoms with Crippen molar-refractivity contribution in [2.75, 3.05) is 5.32 Å². The largest absolute Gasteiger partial charge is 0.322 e. The number of fused-ring (bicyclic) bond motifs is 1. The first-order valence-electron chi connectivity index (χ1n) is 15.9. The number of carbonyl (C=O) groups is 1. The van der Waals surface area contributed by atoms with Crippen LogP contribution in [-0.2, 0) is 11.3 Å². The lowest BCUT2D eigenvalue weighted by Gasteiger charge is -2.25. The summed E-state index contributed by atoms with van der Waals surface area (Å²) in [6.07, 6.45) is 1.58. The molecule has 0 unspecified atom stereocenters. The average molecular weight is 752 g/mol. The van der Waals surface area contributed by atoms with Crippen molar-refractivity contribution in [2.24, 2.45) is 4.99 Å². The van der Waals surface area contributed by atoms with E-state index in [4.69, 9.17) is 11.6 Å². The minimum Gasteiger partial charge on any atom is -0.322 e. The number of rotatable bonds is 9. The number of para-hydroxylation sites is 1. The minimum absolute atomic E-state index is 0.167. The zero-order valence-corrected chi connectivity index (χ0v) is 29.9. The number of halogens is 2. The Morgan fingerprint density at radius 1 is 1.06 bits per heavy atom. The Labute approximate surface area is 308 Å². The van der Waals surface area contributed by atoms with Gasteiger partial charge in [0.05, 0.1) is 26.8 Å². The van der Waals surface area contributed by atoms with Gasteiger partial charge in [0.1, 0.15) is 5.82 Å². The maximum Gasteiger partial charge on any atom is 0.271 e. The molecule has 1 amide bonds. The number of amides is 1. The van der Waals surface area contributed by atoms with E-state index in [2.05, 4.69) is 20.5 Å². The van der Waals surface area contributed by atoms with Crippen LogP contribution in [0.25, 0.3) is 17.5 Å². The van der Waals surface area contributed by atoms with Crippen LogP contribution in [-0.4, -0.2) is 30.2 Å². The van der Waals surface area contributed by atoms with Crippen LogP contribution < -0.4 is 20.2 Å². The zero-order valence-electron chi connectivity index (χ0n) is 27.5. The van der Waals surface area contributed by atoms with E-state index in [1.807, 2.05) is 29.7 Å². The van der Waals surface area contributed by atoms with Crippen molar-refractivity contribution in [3.8, 4) is 11.4 Å². The predicted octanol–water partition coefficient (Wildman–Crippen LogP) is 7.00. The number of aromatic nitrogens is 4. The molecule has 2 aromatic heterocycles. The van der Waals surface area contributed by atoms with Crippen molar-refractivity contribution >= 4 is 58.1 Å². The molecule has 0 radical (unpaired) electrons. The van der Waals surface area contributed by atoms with Gasteiger partial charge in [0.15, 0.2) is 15.8 Å². The van der Waals surface area contributed by atoms with Gasteiger partial charge in [-0.3, -0.25) is 24.3 Å². The molecule has 0 saturated heterocycles. The molecule has 15 heteroatoms. The lowest BCUT2D eigenvalue weighted by atomic mass is 9.95. The lowest BCUT2D eigenvalue weighted by Crippen LogP contribution is -2.40. The third-order valence-electron chi connectivity index (χ3n) is 8.29. The SMILES string of the molecule is CCn1c(Sc2ccc([N+](=O)[O-])cc2/C=c2/sc3n(c2=O)[C@@H](c2ccc(F)cc2)C(C(=O)Nc2ccccc2)=C(C)N=3)nnc1-c1cccc(Cl)c1. The fraction of sp³-hybridized carbons (Fsp3) is 0.108. The summed E-state index contributed by atoms with van der Waals surface area (Å²) in [6, 6.07) is 25.2. The number of anilines is 1. The first kappa shape index (κ1) is 34.7. The van der Waals surface area contributed by atoms with Crippen molar-refractivity contribution < 1.29 is 14.1 Å². The van der Waals surface area contributed by atoms with Gasteiger partial charge in [-0.25, -0.2) is 9.38 Å². The summed E-state index contributed by atoms with van der Waals surface area (Å²) < 4.78 is 17.6. The molecule has 7 rings (SSSR count). The van der Waals surface area contributed by atoms with E-state index < -0.39 is 28.2 Å². The predicted molar refractivity (Wildman–Crippen MR) is 199 cm³/mol. The molecule has 1 atom stereocenters. The normalized spacial score (nSPS) is 14.2. The molecule has 0 saturated carbocycles. The Bertz CT molecular complexity index is 2590. The van der Waals surface area contributed by atoms with E-state index >= 15 is 0 Å². The third kappa shape index (κ3) is 6.83. The van der Waals surface area contributed by atoms with E-state index in [0.29, 0.717) is 54.8 Å². The Balaban J connectivity index is 1.34. The number of carbonyl (C=O) groups excluding carboxylic acids is 1. The van der Waals surface area contributed by atoms with Gasteiger partial charge in [-0.2, -0.15) is 0 Å². The summed E-state index contributed by atoms with van der Waals surface area (Å²) in [4.78, 5) is 45.1. The molecule has 1 N–H and O–H groups in total. The summed E-state index contributed by atoms with van der Waals surface area (Å²) in [6.45, 7) is 4.16. The van der Waals surface area contributed by atoms with Crippen LogP contribution in [0.1, 0.15) is 31.0 Å². The number of nitro benzene ring substituents is 1. The van der Waals surface area contributed by atoms with Crippen molar-refractivity contribution in [1.82, 2.24) is 19.3 Å². The third-order valence-corrected chi connectivity index (χ3v) is 10.6. The van der Waals surface area contributed by atoms with Gasteiger partial charge >= 0.3 is 0 Å². The van der Waals surface area contributed by atoms with Crippen LogP contribution in [0.4, 0.5) is 15.8 Å². The highest BCUT2D eigenvalue weighted by molar-refractivity contribution is 7.99. The van der Waals surface area contributed by atoms with E-state index in [0.717, 1.165) is 16.9 Å². The van der Waals surface area contributed by atoms with Crippen LogP contribution in [0.15, 0.2) is 128 Å². The van der Waals surface area contributed by atoms with Crippen LogP contribution in [0.5, 0.6) is 0 Å². The first-order valence-corrected chi connectivity index (χ1v) is 17.9. The second kappa shape index (κ2) is 14.5. The Morgan fingerprint density at radius 3 is 2.54 bits per heavy atom. The van der Waals surface area contributed by atoms with Crippen LogP contribution in [0.2, 0.25) is 5.02 Å². The second-order valence-electron chi connectivity index (χ2n) is 11.6. The minimum atomic E-state index is -0.935. The molecule has 0 aliphatic carbocycles. The second-order valence-corrected chi connectivity index (χ2v) is 14.1. The van der Waals surface area contributed by atoms with Crippen molar-refractivity contribution in [3.63, 3.8) is 0 Å². The van der Waals surface area contributed by atoms with Gasteiger partial charge in [0.2, 0.25) is 0 Å². The standard InChI is InChI=1S/C37H27ClFN7O4S2/c1-3-44-33(23-8-7-9-25(38)18-23)42-43-37(44)51-29-17-16-28(46(49)50)19-24(29)20-30-35(48)45-32(22-12-14-26(39)15-13-22)31(21(2)40-36(45)52-30)34(47)41-27-10-5-4-6-11-27/h4-20,32H,3H2,1-2H3,(H,41,47)/b30-20+/t32-/m0/s1. The fourth-order valence-corrected chi connectivity index (χ4v) is 8.08. The molecule has 6 aromatic rings. The molecule has 4 aromatic carbocycles. The molecule has 0 fully saturated rings. The highest BCUT2D eigenvalue weighted by atomic mass is 35.5. The monoisotopic (exact) mass is 751 g/mol. The summed E-state index contributed by atoms with van der Waals surface area (Å²) in [5.74, 6) is -0.334. The van der Waals surface area contributed by atoms with Crippen molar-refractivity contribution in [3.05, 3.63) is 160 Å².